The van der Waals surface area contributed by atoms with Gasteiger partial charge in [-0.25, -0.2) is 4.98 Å². The molecule has 0 aliphatic carbocycles. The van der Waals surface area contributed by atoms with Crippen molar-refractivity contribution in [1.82, 2.24) is 9.66 Å². The molecule has 10 heteroatoms. The summed E-state index contributed by atoms with van der Waals surface area (Å²) in [6, 6.07) is 11.6. The number of amides is 1. The number of nitrogens with one attached hydrogen (secondary N) is 1. The first-order chi connectivity index (χ1) is 15.8. The molecule has 33 heavy (non-hydrogen) atoms. The zero-order valence-electron chi connectivity index (χ0n) is 17.6. The van der Waals surface area contributed by atoms with E-state index in [-0.39, 0.29) is 23.0 Å². The fourth-order valence-electron chi connectivity index (χ4n) is 3.55. The van der Waals surface area contributed by atoms with Gasteiger partial charge < -0.3 is 15.5 Å². The molecular formula is C23H18N4O4S2. The summed E-state index contributed by atoms with van der Waals surface area (Å²) in [6.07, 6.45) is 0. The Hall–Kier alpha value is -3.63. The van der Waals surface area contributed by atoms with Gasteiger partial charge in [0.05, 0.1) is 16.0 Å². The highest BCUT2D eigenvalue weighted by Gasteiger charge is 2.25. The van der Waals surface area contributed by atoms with Crippen LogP contribution in [0.2, 0.25) is 0 Å². The Kier molecular flexibility index (Phi) is 5.18. The number of hydrogen-bond acceptors (Lipinski definition) is 8. The van der Waals surface area contributed by atoms with E-state index in [1.807, 2.05) is 31.2 Å². The van der Waals surface area contributed by atoms with Crippen molar-refractivity contribution in [2.24, 2.45) is 5.10 Å². The third-order valence-electron chi connectivity index (χ3n) is 5.28. The maximum absolute atomic E-state index is 13.3. The van der Waals surface area contributed by atoms with Crippen LogP contribution < -0.4 is 10.9 Å². The lowest BCUT2D eigenvalue weighted by molar-refractivity contribution is 0.103. The minimum absolute atomic E-state index is 0.0138. The largest absolute Gasteiger partial charge is 0.508 e. The summed E-state index contributed by atoms with van der Waals surface area (Å²) < 4.78 is 1.19. The van der Waals surface area contributed by atoms with Crippen molar-refractivity contribution in [2.45, 2.75) is 19.0 Å². The Morgan fingerprint density at radius 1 is 1.12 bits per heavy atom. The average Bonchev–Trinajstić information content (AvgIpc) is 3.13. The molecule has 0 atom stereocenters. The van der Waals surface area contributed by atoms with Crippen LogP contribution >= 0.6 is 23.1 Å². The van der Waals surface area contributed by atoms with E-state index in [1.165, 1.54) is 46.0 Å². The van der Waals surface area contributed by atoms with Crippen molar-refractivity contribution in [3.8, 4) is 11.5 Å². The lowest BCUT2D eigenvalue weighted by Gasteiger charge is -2.16. The van der Waals surface area contributed by atoms with Gasteiger partial charge in [0, 0.05) is 17.0 Å². The average molecular weight is 479 g/mol. The Bertz CT molecular complexity index is 1520. The van der Waals surface area contributed by atoms with Gasteiger partial charge in [-0.05, 0) is 49.7 Å². The second-order valence-electron chi connectivity index (χ2n) is 7.60. The van der Waals surface area contributed by atoms with Crippen LogP contribution in [0.25, 0.3) is 10.2 Å². The number of aromatic hydroxyl groups is 2. The van der Waals surface area contributed by atoms with Crippen molar-refractivity contribution in [2.75, 3.05) is 11.1 Å². The molecular weight excluding hydrogens is 460 g/mol. The summed E-state index contributed by atoms with van der Waals surface area (Å²) in [6.45, 7) is 3.69. The van der Waals surface area contributed by atoms with E-state index in [4.69, 9.17) is 0 Å². The molecule has 0 fully saturated rings. The van der Waals surface area contributed by atoms with Crippen molar-refractivity contribution >= 4 is 50.6 Å². The van der Waals surface area contributed by atoms with Crippen molar-refractivity contribution in [3.63, 3.8) is 0 Å². The fraction of sp³-hybridized carbons (Fsp3) is 0.130. The standard InChI is InChI=1S/C23H18N4O4S2/c1-11-3-5-13(6-4-11)24-20(30)19-12(2)18-21(33-19)25-23-27(22(18)31)26-16(10-32-23)15-9-14(28)7-8-17(15)29/h3-9,28-29H,10H2,1-2H3,(H,24,30). The first-order valence-electron chi connectivity index (χ1n) is 9.99. The maximum Gasteiger partial charge on any atom is 0.283 e. The number of hydrogen-bond donors (Lipinski definition) is 3. The van der Waals surface area contributed by atoms with Gasteiger partial charge in [-0.15, -0.1) is 11.3 Å². The van der Waals surface area contributed by atoms with E-state index in [9.17, 15) is 19.8 Å². The smallest absolute Gasteiger partial charge is 0.283 e. The van der Waals surface area contributed by atoms with Crippen LogP contribution in [0.1, 0.15) is 26.4 Å². The number of benzene rings is 2. The molecule has 8 nitrogen and oxygen atoms in total. The van der Waals surface area contributed by atoms with Crippen molar-refractivity contribution < 1.29 is 15.0 Å². The molecule has 1 aliphatic heterocycles. The molecule has 0 unspecified atom stereocenters. The van der Waals surface area contributed by atoms with Crippen LogP contribution in [-0.4, -0.2) is 37.2 Å². The first-order valence-corrected chi connectivity index (χ1v) is 11.8. The molecule has 3 N–H and O–H groups in total. The van der Waals surface area contributed by atoms with E-state index in [2.05, 4.69) is 15.4 Å². The SMILES string of the molecule is Cc1ccc(NC(=O)c2sc3nc4n(c(=O)c3c2C)N=C(c2cc(O)ccc2O)CS4)cc1. The van der Waals surface area contributed by atoms with Crippen LogP contribution in [0.4, 0.5) is 5.69 Å². The zero-order chi connectivity index (χ0) is 23.3. The number of carbonyl (C=O) groups is 1. The molecule has 3 heterocycles. The van der Waals surface area contributed by atoms with Crippen LogP contribution in [0.15, 0.2) is 57.5 Å². The second kappa shape index (κ2) is 8.05. The molecule has 1 aliphatic rings. The van der Waals surface area contributed by atoms with Gasteiger partial charge in [0.15, 0.2) is 5.16 Å². The fourth-order valence-corrected chi connectivity index (χ4v) is 5.55. The number of nitrogens with zero attached hydrogens (tertiary/aromatic N) is 3. The first kappa shape index (κ1) is 21.2. The summed E-state index contributed by atoms with van der Waals surface area (Å²) in [5.41, 5.74) is 2.70. The van der Waals surface area contributed by atoms with Gasteiger partial charge in [0.2, 0.25) is 0 Å². The summed E-state index contributed by atoms with van der Waals surface area (Å²) in [4.78, 5) is 31.7. The number of aryl methyl sites for hydroxylation is 2. The van der Waals surface area contributed by atoms with E-state index in [0.29, 0.717) is 48.5 Å². The minimum atomic E-state index is -0.387. The molecule has 1 amide bonds. The minimum Gasteiger partial charge on any atom is -0.508 e. The molecule has 166 valence electrons. The number of anilines is 1. The van der Waals surface area contributed by atoms with Gasteiger partial charge >= 0.3 is 0 Å². The highest BCUT2D eigenvalue weighted by molar-refractivity contribution is 7.99. The molecule has 2 aromatic carbocycles. The van der Waals surface area contributed by atoms with Crippen LogP contribution in [0.5, 0.6) is 11.5 Å². The molecule has 5 rings (SSSR count). The number of thiophene rings is 1. The predicted molar refractivity (Wildman–Crippen MR) is 130 cm³/mol. The molecule has 0 saturated heterocycles. The highest BCUT2D eigenvalue weighted by Crippen LogP contribution is 2.32. The van der Waals surface area contributed by atoms with Gasteiger partial charge in [0.1, 0.15) is 16.3 Å². The Morgan fingerprint density at radius 3 is 2.64 bits per heavy atom. The van der Waals surface area contributed by atoms with E-state index >= 15 is 0 Å². The molecule has 0 saturated carbocycles. The van der Waals surface area contributed by atoms with Crippen LogP contribution in [0, 0.1) is 13.8 Å². The quantitative estimate of drug-likeness (QED) is 0.302. The van der Waals surface area contributed by atoms with Crippen LogP contribution in [0.3, 0.4) is 0 Å². The number of rotatable bonds is 3. The molecule has 0 radical (unpaired) electrons. The van der Waals surface area contributed by atoms with Gasteiger partial charge in [0.25, 0.3) is 11.5 Å². The lowest BCUT2D eigenvalue weighted by Crippen LogP contribution is -2.25. The Labute approximate surface area is 196 Å². The number of phenolic OH excluding ortho intramolecular Hbond substituents is 2. The predicted octanol–water partition coefficient (Wildman–Crippen LogP) is 4.10. The summed E-state index contributed by atoms with van der Waals surface area (Å²) in [5, 5.41) is 28.0. The summed E-state index contributed by atoms with van der Waals surface area (Å²) in [7, 11) is 0. The monoisotopic (exact) mass is 478 g/mol. The van der Waals surface area contributed by atoms with Gasteiger partial charge in [-0.3, -0.25) is 9.59 Å². The van der Waals surface area contributed by atoms with Crippen molar-refractivity contribution in [1.29, 1.82) is 0 Å². The third-order valence-corrected chi connectivity index (χ3v) is 7.40. The summed E-state index contributed by atoms with van der Waals surface area (Å²) >= 11 is 2.47. The number of carbonyl (C=O) groups excluding carboxylic acids is 1. The highest BCUT2D eigenvalue weighted by atomic mass is 32.2. The van der Waals surface area contributed by atoms with E-state index in [1.54, 1.807) is 6.92 Å². The zero-order valence-corrected chi connectivity index (χ0v) is 19.3. The molecule has 4 aromatic rings. The van der Waals surface area contributed by atoms with Gasteiger partial charge in [-0.1, -0.05) is 29.5 Å². The van der Waals surface area contributed by atoms with Crippen molar-refractivity contribution in [3.05, 3.63) is 74.4 Å². The Morgan fingerprint density at radius 2 is 1.88 bits per heavy atom. The number of fused-ring (bicyclic) bond motifs is 2. The van der Waals surface area contributed by atoms with E-state index in [0.717, 1.165) is 5.56 Å². The normalized spacial score (nSPS) is 13.0. The summed E-state index contributed by atoms with van der Waals surface area (Å²) in [5.74, 6) is 0.00272. The maximum atomic E-state index is 13.3. The van der Waals surface area contributed by atoms with E-state index < -0.39 is 0 Å². The topological polar surface area (TPSA) is 117 Å². The third kappa shape index (κ3) is 3.77. The lowest BCUT2D eigenvalue weighted by atomic mass is 10.1. The molecule has 0 spiro atoms. The van der Waals surface area contributed by atoms with Crippen LogP contribution in [-0.2, 0) is 0 Å². The molecule has 0 bridgehead atoms. The number of phenols is 2. The number of thioether (sulfide) groups is 1. The van der Waals surface area contributed by atoms with Gasteiger partial charge in [-0.2, -0.15) is 9.78 Å². The number of aromatic nitrogens is 2. The Balaban J connectivity index is 1.57. The molecule has 2 aromatic heterocycles. The second-order valence-corrected chi connectivity index (χ2v) is 9.55.